The number of hydrogen-bond acceptors (Lipinski definition) is 4. The van der Waals surface area contributed by atoms with Gasteiger partial charge < -0.3 is 10.0 Å². The molecule has 1 aliphatic rings. The number of anilines is 1. The largest absolute Gasteiger partial charge is 0.394 e. The summed E-state index contributed by atoms with van der Waals surface area (Å²) in [5.41, 5.74) is 1.59. The van der Waals surface area contributed by atoms with Crippen LogP contribution in [0.15, 0.2) is 12.3 Å². The third-order valence-electron chi connectivity index (χ3n) is 3.07. The molecule has 2 rings (SSSR count). The molecule has 0 bridgehead atoms. The van der Waals surface area contributed by atoms with Crippen molar-refractivity contribution in [1.82, 2.24) is 4.98 Å². The molecule has 0 radical (unpaired) electrons. The van der Waals surface area contributed by atoms with Crippen LogP contribution in [0.25, 0.3) is 0 Å². The first-order valence-electron chi connectivity index (χ1n) is 5.55. The second kappa shape index (κ2) is 4.61. The number of pyridine rings is 1. The van der Waals surface area contributed by atoms with Gasteiger partial charge in [0.1, 0.15) is 5.82 Å². The third-order valence-corrected chi connectivity index (χ3v) is 3.07. The second-order valence-electron chi connectivity index (χ2n) is 4.20. The number of nitrogens with zero attached hydrogens (tertiary/aromatic N) is 2. The molecule has 4 heteroatoms. The molecule has 2 heterocycles. The molecule has 0 aromatic carbocycles. The number of carbonyl (C=O) groups is 1. The highest BCUT2D eigenvalue weighted by Crippen LogP contribution is 2.26. The number of aromatic nitrogens is 1. The summed E-state index contributed by atoms with van der Waals surface area (Å²) in [5.74, 6) is 0.891. The average Bonchev–Trinajstić information content (AvgIpc) is 2.76. The summed E-state index contributed by atoms with van der Waals surface area (Å²) < 4.78 is 0. The van der Waals surface area contributed by atoms with E-state index in [2.05, 4.69) is 9.88 Å². The lowest BCUT2D eigenvalue weighted by atomic mass is 10.2. The minimum Gasteiger partial charge on any atom is -0.394 e. The molecule has 1 saturated heterocycles. The zero-order chi connectivity index (χ0) is 11.5. The summed E-state index contributed by atoms with van der Waals surface area (Å²) in [6.07, 6.45) is 4.48. The number of aldehydes is 1. The van der Waals surface area contributed by atoms with Gasteiger partial charge in [-0.15, -0.1) is 0 Å². The van der Waals surface area contributed by atoms with Gasteiger partial charge in [-0.2, -0.15) is 0 Å². The average molecular weight is 220 g/mol. The zero-order valence-corrected chi connectivity index (χ0v) is 9.39. The van der Waals surface area contributed by atoms with Gasteiger partial charge in [0.15, 0.2) is 6.29 Å². The van der Waals surface area contributed by atoms with Crippen LogP contribution < -0.4 is 4.90 Å². The maximum Gasteiger partial charge on any atom is 0.151 e. The number of rotatable bonds is 3. The summed E-state index contributed by atoms with van der Waals surface area (Å²) in [6.45, 7) is 3.04. The Morgan fingerprint density at radius 3 is 3.12 bits per heavy atom. The molecule has 1 fully saturated rings. The van der Waals surface area contributed by atoms with Crippen molar-refractivity contribution >= 4 is 12.1 Å². The minimum absolute atomic E-state index is 0.163. The van der Waals surface area contributed by atoms with Gasteiger partial charge in [-0.1, -0.05) is 0 Å². The van der Waals surface area contributed by atoms with E-state index in [0.29, 0.717) is 5.56 Å². The van der Waals surface area contributed by atoms with E-state index in [0.717, 1.165) is 37.1 Å². The Morgan fingerprint density at radius 1 is 1.69 bits per heavy atom. The number of aliphatic hydroxyl groups is 1. The maximum absolute atomic E-state index is 10.6. The molecule has 1 atom stereocenters. The normalized spacial score (nSPS) is 20.1. The quantitative estimate of drug-likeness (QED) is 0.777. The van der Waals surface area contributed by atoms with Gasteiger partial charge >= 0.3 is 0 Å². The molecule has 0 amide bonds. The van der Waals surface area contributed by atoms with Crippen LogP contribution in [0.4, 0.5) is 5.82 Å². The summed E-state index contributed by atoms with van der Waals surface area (Å²) in [7, 11) is 0. The Labute approximate surface area is 94.9 Å². The molecule has 86 valence electrons. The van der Waals surface area contributed by atoms with Crippen LogP contribution in [-0.2, 0) is 0 Å². The van der Waals surface area contributed by atoms with Crippen LogP contribution in [0.2, 0.25) is 0 Å². The van der Waals surface area contributed by atoms with Crippen LogP contribution in [0.5, 0.6) is 0 Å². The Hall–Kier alpha value is -1.42. The van der Waals surface area contributed by atoms with Crippen molar-refractivity contribution < 1.29 is 9.90 Å². The molecule has 1 unspecified atom stereocenters. The number of carbonyl (C=O) groups excluding carboxylic acids is 1. The van der Waals surface area contributed by atoms with Crippen molar-refractivity contribution in [3.8, 4) is 0 Å². The summed E-state index contributed by atoms with van der Waals surface area (Å²) in [5, 5.41) is 9.26. The first-order chi connectivity index (χ1) is 7.76. The fourth-order valence-electron chi connectivity index (χ4n) is 2.26. The minimum atomic E-state index is 0.163. The first kappa shape index (κ1) is 11.1. The number of aryl methyl sites for hydroxylation is 1. The van der Waals surface area contributed by atoms with Crippen molar-refractivity contribution in [3.05, 3.63) is 23.4 Å². The standard InChI is InChI=1S/C12H16N2O2/c1-9-5-10(7-15)6-13-12(9)14-4-2-3-11(14)8-16/h5-7,11,16H,2-4,8H2,1H3. The molecule has 1 aliphatic heterocycles. The lowest BCUT2D eigenvalue weighted by molar-refractivity contribution is 0.112. The van der Waals surface area contributed by atoms with Crippen molar-refractivity contribution in [2.24, 2.45) is 0 Å². The fraction of sp³-hybridized carbons (Fsp3) is 0.500. The lowest BCUT2D eigenvalue weighted by Crippen LogP contribution is -2.33. The van der Waals surface area contributed by atoms with Gasteiger partial charge in [-0.3, -0.25) is 4.79 Å². The molecule has 1 N–H and O–H groups in total. The van der Waals surface area contributed by atoms with Gasteiger partial charge in [0, 0.05) is 18.3 Å². The van der Waals surface area contributed by atoms with E-state index in [1.807, 2.05) is 13.0 Å². The fourth-order valence-corrected chi connectivity index (χ4v) is 2.26. The molecule has 1 aromatic rings. The van der Waals surface area contributed by atoms with Crippen molar-refractivity contribution in [3.63, 3.8) is 0 Å². The first-order valence-corrected chi connectivity index (χ1v) is 5.55. The Morgan fingerprint density at radius 2 is 2.50 bits per heavy atom. The van der Waals surface area contributed by atoms with Gasteiger partial charge in [0.25, 0.3) is 0 Å². The van der Waals surface area contributed by atoms with E-state index in [1.54, 1.807) is 6.20 Å². The highest BCUT2D eigenvalue weighted by Gasteiger charge is 2.25. The smallest absolute Gasteiger partial charge is 0.151 e. The molecule has 1 aromatic heterocycles. The summed E-state index contributed by atoms with van der Waals surface area (Å²) in [6, 6.07) is 2.01. The molecule has 0 aliphatic carbocycles. The van der Waals surface area contributed by atoms with Gasteiger partial charge in [0.05, 0.1) is 12.6 Å². The SMILES string of the molecule is Cc1cc(C=O)cnc1N1CCCC1CO. The third kappa shape index (κ3) is 1.93. The van der Waals surface area contributed by atoms with Crippen LogP contribution >= 0.6 is 0 Å². The van der Waals surface area contributed by atoms with E-state index in [9.17, 15) is 9.90 Å². The summed E-state index contributed by atoms with van der Waals surface area (Å²) >= 11 is 0. The van der Waals surface area contributed by atoms with Crippen LogP contribution in [0, 0.1) is 6.92 Å². The van der Waals surface area contributed by atoms with Crippen LogP contribution in [-0.4, -0.2) is 35.6 Å². The Kier molecular flexibility index (Phi) is 3.19. The highest BCUT2D eigenvalue weighted by molar-refractivity contribution is 5.75. The van der Waals surface area contributed by atoms with E-state index in [-0.39, 0.29) is 12.6 Å². The van der Waals surface area contributed by atoms with Crippen molar-refractivity contribution in [2.75, 3.05) is 18.1 Å². The monoisotopic (exact) mass is 220 g/mol. The molecular formula is C12H16N2O2. The predicted molar refractivity (Wildman–Crippen MR) is 61.8 cm³/mol. The number of hydrogen-bond donors (Lipinski definition) is 1. The van der Waals surface area contributed by atoms with Gasteiger partial charge in [0.2, 0.25) is 0 Å². The molecule has 0 saturated carbocycles. The van der Waals surface area contributed by atoms with E-state index in [1.165, 1.54) is 0 Å². The maximum atomic E-state index is 10.6. The zero-order valence-electron chi connectivity index (χ0n) is 9.39. The lowest BCUT2D eigenvalue weighted by Gasteiger charge is -2.25. The topological polar surface area (TPSA) is 53.4 Å². The van der Waals surface area contributed by atoms with E-state index >= 15 is 0 Å². The van der Waals surface area contributed by atoms with E-state index < -0.39 is 0 Å². The highest BCUT2D eigenvalue weighted by atomic mass is 16.3. The predicted octanol–water partition coefficient (Wildman–Crippen LogP) is 1.16. The molecular weight excluding hydrogens is 204 g/mol. The Bertz CT molecular complexity index is 393. The van der Waals surface area contributed by atoms with Crippen molar-refractivity contribution in [1.29, 1.82) is 0 Å². The molecule has 16 heavy (non-hydrogen) atoms. The summed E-state index contributed by atoms with van der Waals surface area (Å²) in [4.78, 5) is 17.1. The van der Waals surface area contributed by atoms with E-state index in [4.69, 9.17) is 0 Å². The second-order valence-corrected chi connectivity index (χ2v) is 4.20. The van der Waals surface area contributed by atoms with Crippen molar-refractivity contribution in [2.45, 2.75) is 25.8 Å². The Balaban J connectivity index is 2.29. The molecule has 4 nitrogen and oxygen atoms in total. The van der Waals surface area contributed by atoms with Crippen LogP contribution in [0.3, 0.4) is 0 Å². The molecule has 0 spiro atoms. The van der Waals surface area contributed by atoms with Crippen LogP contribution in [0.1, 0.15) is 28.8 Å². The van der Waals surface area contributed by atoms with Gasteiger partial charge in [-0.05, 0) is 31.4 Å². The number of aliphatic hydroxyl groups excluding tert-OH is 1. The van der Waals surface area contributed by atoms with Gasteiger partial charge in [-0.25, -0.2) is 4.98 Å².